The predicted molar refractivity (Wildman–Crippen MR) is 76.4 cm³/mol. The molecule has 104 valence electrons. The minimum absolute atomic E-state index is 0.0296. The van der Waals surface area contributed by atoms with E-state index >= 15 is 0 Å². The summed E-state index contributed by atoms with van der Waals surface area (Å²) < 4.78 is 0. The Labute approximate surface area is 121 Å². The van der Waals surface area contributed by atoms with Crippen LogP contribution in [0.5, 0.6) is 0 Å². The monoisotopic (exact) mass is 310 g/mol. The second kappa shape index (κ2) is 5.04. The van der Waals surface area contributed by atoms with Crippen LogP contribution in [0.25, 0.3) is 0 Å². The summed E-state index contributed by atoms with van der Waals surface area (Å²) in [5.74, 6) is -0.106. The lowest BCUT2D eigenvalue weighted by atomic mass is 9.94. The van der Waals surface area contributed by atoms with E-state index in [0.717, 1.165) is 21.8 Å². The number of nitro groups is 1. The van der Waals surface area contributed by atoms with E-state index in [9.17, 15) is 20.0 Å². The van der Waals surface area contributed by atoms with Crippen molar-refractivity contribution < 1.29 is 10.0 Å². The number of nitro benzene ring substituents is 1. The van der Waals surface area contributed by atoms with Crippen molar-refractivity contribution in [2.45, 2.75) is 22.8 Å². The van der Waals surface area contributed by atoms with Crippen LogP contribution in [0.4, 0.5) is 5.69 Å². The van der Waals surface area contributed by atoms with Gasteiger partial charge in [-0.2, -0.15) is 0 Å². The molecule has 1 aliphatic rings. The maximum atomic E-state index is 11.5. The number of hydrogen-bond donors (Lipinski definition) is 2. The fraction of sp³-hybridized carbons (Fsp3) is 0.250. The molecule has 0 amide bonds. The number of fused-ring (bicyclic) bond motifs is 1. The first kappa shape index (κ1) is 13.3. The van der Waals surface area contributed by atoms with Gasteiger partial charge >= 0.3 is 4.87 Å². The van der Waals surface area contributed by atoms with Crippen molar-refractivity contribution in [3.63, 3.8) is 0 Å². The van der Waals surface area contributed by atoms with Gasteiger partial charge in [0.05, 0.1) is 9.95 Å². The molecule has 0 aliphatic carbocycles. The second-order valence-corrected chi connectivity index (χ2v) is 6.62. The third kappa shape index (κ3) is 2.37. The highest BCUT2D eigenvalue weighted by Gasteiger charge is 2.30. The van der Waals surface area contributed by atoms with E-state index in [2.05, 4.69) is 4.98 Å². The van der Waals surface area contributed by atoms with Crippen LogP contribution in [0.3, 0.4) is 0 Å². The summed E-state index contributed by atoms with van der Waals surface area (Å²) in [6, 6.07) is 6.25. The molecule has 0 bridgehead atoms. The molecular formula is C12H10N2O4S2. The number of hydrogen-bond acceptors (Lipinski definition) is 6. The smallest absolute Gasteiger partial charge is 0.305 e. The fourth-order valence-corrected chi connectivity index (χ4v) is 4.43. The number of thiazole rings is 1. The Kier molecular flexibility index (Phi) is 3.36. The van der Waals surface area contributed by atoms with Crippen molar-refractivity contribution in [2.75, 3.05) is 0 Å². The Balaban J connectivity index is 2.01. The first-order chi connectivity index (χ1) is 9.54. The normalized spacial score (nSPS) is 21.4. The van der Waals surface area contributed by atoms with Crippen LogP contribution in [0.2, 0.25) is 0 Å². The molecule has 0 radical (unpaired) electrons. The summed E-state index contributed by atoms with van der Waals surface area (Å²) in [7, 11) is 0. The van der Waals surface area contributed by atoms with Crippen LogP contribution in [-0.2, 0) is 0 Å². The quantitative estimate of drug-likeness (QED) is 0.655. The Morgan fingerprint density at radius 3 is 2.70 bits per heavy atom. The van der Waals surface area contributed by atoms with Gasteiger partial charge in [-0.1, -0.05) is 35.2 Å². The molecule has 1 aromatic heterocycles. The van der Waals surface area contributed by atoms with E-state index in [0.29, 0.717) is 11.4 Å². The highest BCUT2D eigenvalue weighted by molar-refractivity contribution is 7.99. The van der Waals surface area contributed by atoms with E-state index in [1.54, 1.807) is 12.1 Å². The van der Waals surface area contributed by atoms with Gasteiger partial charge in [-0.15, -0.1) is 0 Å². The minimum atomic E-state index is -0.590. The largest absolute Gasteiger partial charge is 0.382 e. The summed E-state index contributed by atoms with van der Waals surface area (Å²) in [6.07, 6.45) is 0.489. The highest BCUT2D eigenvalue weighted by atomic mass is 32.2. The van der Waals surface area contributed by atoms with Crippen LogP contribution < -0.4 is 4.87 Å². The van der Waals surface area contributed by atoms with Gasteiger partial charge in [-0.3, -0.25) is 14.9 Å². The lowest BCUT2D eigenvalue weighted by Gasteiger charge is -2.25. The van der Waals surface area contributed by atoms with E-state index in [1.165, 1.54) is 23.9 Å². The molecule has 0 unspecified atom stereocenters. The van der Waals surface area contributed by atoms with Gasteiger partial charge in [0, 0.05) is 22.9 Å². The molecule has 2 N–H and O–H groups in total. The number of nitrogens with zero attached hydrogens (tertiary/aromatic N) is 1. The summed E-state index contributed by atoms with van der Waals surface area (Å²) in [6.45, 7) is 0. The lowest BCUT2D eigenvalue weighted by molar-refractivity contribution is -0.384. The summed E-state index contributed by atoms with van der Waals surface area (Å²) in [4.78, 5) is 25.1. The van der Waals surface area contributed by atoms with Crippen molar-refractivity contribution in [1.82, 2.24) is 4.98 Å². The maximum Gasteiger partial charge on any atom is 0.305 e. The number of aliphatic hydroxyl groups is 1. The lowest BCUT2D eigenvalue weighted by Crippen LogP contribution is -2.15. The molecule has 6 nitrogen and oxygen atoms in total. The molecule has 0 spiro atoms. The molecule has 8 heteroatoms. The minimum Gasteiger partial charge on any atom is -0.382 e. The van der Waals surface area contributed by atoms with Gasteiger partial charge < -0.3 is 10.1 Å². The summed E-state index contributed by atoms with van der Waals surface area (Å²) in [5, 5.41) is 21.2. The van der Waals surface area contributed by atoms with Gasteiger partial charge in [-0.05, 0) is 12.0 Å². The number of nitrogens with one attached hydrogen (secondary N) is 1. The first-order valence-electron chi connectivity index (χ1n) is 5.86. The van der Waals surface area contributed by atoms with Crippen LogP contribution in [0.1, 0.15) is 22.8 Å². The Morgan fingerprint density at radius 2 is 2.05 bits per heavy atom. The van der Waals surface area contributed by atoms with E-state index in [4.69, 9.17) is 0 Å². The Hall–Kier alpha value is -1.64. The number of thioether (sulfide) groups is 1. The molecular weight excluding hydrogens is 300 g/mol. The number of benzene rings is 1. The number of non-ortho nitro benzene ring substituents is 1. The third-order valence-corrected chi connectivity index (χ3v) is 5.30. The molecule has 1 aliphatic heterocycles. The van der Waals surface area contributed by atoms with Crippen molar-refractivity contribution in [3.05, 3.63) is 54.5 Å². The topological polar surface area (TPSA) is 96.2 Å². The molecule has 1 aromatic carbocycles. The predicted octanol–water partition coefficient (Wildman–Crippen LogP) is 2.29. The van der Waals surface area contributed by atoms with E-state index < -0.39 is 10.4 Å². The maximum absolute atomic E-state index is 11.5. The van der Waals surface area contributed by atoms with Crippen LogP contribution in [0, 0.1) is 10.1 Å². The fourth-order valence-electron chi connectivity index (χ4n) is 2.25. The van der Waals surface area contributed by atoms with E-state index in [1.807, 2.05) is 0 Å². The Bertz CT molecular complexity index is 707. The van der Waals surface area contributed by atoms with Crippen molar-refractivity contribution >= 4 is 28.8 Å². The molecule has 2 atom stereocenters. The number of aromatic nitrogens is 1. The van der Waals surface area contributed by atoms with Gasteiger partial charge in [0.25, 0.3) is 5.69 Å². The molecule has 0 fully saturated rings. The number of H-pyrrole nitrogens is 1. The zero-order valence-electron chi connectivity index (χ0n) is 10.1. The zero-order chi connectivity index (χ0) is 14.3. The molecule has 3 rings (SSSR count). The molecule has 2 aromatic rings. The summed E-state index contributed by atoms with van der Waals surface area (Å²) >= 11 is 2.37. The average Bonchev–Trinajstić information content (AvgIpc) is 2.78. The third-order valence-electron chi connectivity index (χ3n) is 3.16. The standard InChI is InChI=1S/C12H10N2O4S2/c15-9-5-8(10-11(19-9)13-12(16)20-10)6-1-3-7(4-2-6)14(17)18/h1-4,8-9,15H,5H2,(H,13,16)/t8-,9-/m0/s1. The van der Waals surface area contributed by atoms with Gasteiger partial charge in [0.2, 0.25) is 0 Å². The zero-order valence-corrected chi connectivity index (χ0v) is 11.7. The molecule has 0 saturated carbocycles. The van der Waals surface area contributed by atoms with Crippen LogP contribution in [0.15, 0.2) is 34.1 Å². The second-order valence-electron chi connectivity index (χ2n) is 4.42. The van der Waals surface area contributed by atoms with E-state index in [-0.39, 0.29) is 16.5 Å². The van der Waals surface area contributed by atoms with Gasteiger partial charge in [0.15, 0.2) is 0 Å². The van der Waals surface area contributed by atoms with Crippen LogP contribution >= 0.6 is 23.1 Å². The molecule has 0 saturated heterocycles. The molecule has 2 heterocycles. The van der Waals surface area contributed by atoms with Gasteiger partial charge in [-0.25, -0.2) is 0 Å². The summed E-state index contributed by atoms with van der Waals surface area (Å²) in [5.41, 5.74) is 0.307. The first-order valence-corrected chi connectivity index (χ1v) is 7.56. The molecule has 20 heavy (non-hydrogen) atoms. The van der Waals surface area contributed by atoms with Crippen LogP contribution in [-0.4, -0.2) is 20.4 Å². The van der Waals surface area contributed by atoms with Crippen molar-refractivity contribution in [3.8, 4) is 0 Å². The van der Waals surface area contributed by atoms with Gasteiger partial charge in [0.1, 0.15) is 5.44 Å². The van der Waals surface area contributed by atoms with Crippen molar-refractivity contribution in [1.29, 1.82) is 0 Å². The number of rotatable bonds is 2. The SMILES string of the molecule is O=c1[nH]c2c(s1)[C@H](c1ccc([N+](=O)[O-])cc1)C[C@@H](O)S2. The van der Waals surface area contributed by atoms with Crippen molar-refractivity contribution in [2.24, 2.45) is 0 Å². The Morgan fingerprint density at radius 1 is 1.35 bits per heavy atom. The average molecular weight is 310 g/mol. The highest BCUT2D eigenvalue weighted by Crippen LogP contribution is 2.44. The number of aliphatic hydroxyl groups excluding tert-OH is 1. The number of aromatic amines is 1.